The molecule has 3 heteroatoms. The molecule has 0 saturated heterocycles. The second-order valence-corrected chi connectivity index (χ2v) is 4.98. The van der Waals surface area contributed by atoms with Crippen molar-refractivity contribution in [3.8, 4) is 17.6 Å². The second-order valence-electron chi connectivity index (χ2n) is 4.98. The average molecular weight is 293 g/mol. The van der Waals surface area contributed by atoms with E-state index in [0.717, 1.165) is 24.8 Å². The highest BCUT2D eigenvalue weighted by Crippen LogP contribution is 2.15. The lowest BCUT2D eigenvalue weighted by molar-refractivity contribution is 0.102. The fraction of sp³-hybridized carbons (Fsp3) is 0.211. The molecule has 0 saturated carbocycles. The molecule has 3 nitrogen and oxygen atoms in total. The van der Waals surface area contributed by atoms with Gasteiger partial charge in [-0.1, -0.05) is 25.2 Å². The van der Waals surface area contributed by atoms with Crippen LogP contribution in [-0.4, -0.2) is 11.0 Å². The molecule has 22 heavy (non-hydrogen) atoms. The predicted molar refractivity (Wildman–Crippen MR) is 88.9 cm³/mol. The smallest absolute Gasteiger partial charge is 0.255 e. The monoisotopic (exact) mass is 293 g/mol. The molecule has 2 aromatic rings. The summed E-state index contributed by atoms with van der Waals surface area (Å²) in [6, 6.07) is 13.6. The van der Waals surface area contributed by atoms with Crippen LogP contribution in [0.5, 0.6) is 5.75 Å². The first kappa shape index (κ1) is 15.7. The summed E-state index contributed by atoms with van der Waals surface area (Å²) in [5.41, 5.74) is 2.13. The third-order valence-electron chi connectivity index (χ3n) is 3.16. The minimum atomic E-state index is -0.184. The molecule has 1 amide bonds. The van der Waals surface area contributed by atoms with Gasteiger partial charge in [-0.3, -0.25) is 4.79 Å². The number of rotatable bonds is 4. The molecule has 2 aromatic carbocycles. The van der Waals surface area contributed by atoms with Gasteiger partial charge >= 0.3 is 0 Å². The number of phenols is 1. The van der Waals surface area contributed by atoms with E-state index in [9.17, 15) is 9.90 Å². The van der Waals surface area contributed by atoms with Crippen molar-refractivity contribution in [3.05, 3.63) is 59.7 Å². The van der Waals surface area contributed by atoms with E-state index in [1.807, 2.05) is 12.1 Å². The Bertz CT molecular complexity index is 676. The highest BCUT2D eigenvalue weighted by molar-refractivity contribution is 6.04. The van der Waals surface area contributed by atoms with Gasteiger partial charge in [0.2, 0.25) is 0 Å². The molecule has 0 heterocycles. The Morgan fingerprint density at radius 2 is 1.77 bits per heavy atom. The van der Waals surface area contributed by atoms with Gasteiger partial charge in [-0.05, 0) is 55.0 Å². The third-order valence-corrected chi connectivity index (χ3v) is 3.16. The first-order valence-electron chi connectivity index (χ1n) is 7.38. The second kappa shape index (κ2) is 7.90. The lowest BCUT2D eigenvalue weighted by Gasteiger charge is -2.05. The minimum absolute atomic E-state index is 0.170. The van der Waals surface area contributed by atoms with Gasteiger partial charge in [0.1, 0.15) is 5.75 Å². The zero-order chi connectivity index (χ0) is 15.8. The van der Waals surface area contributed by atoms with Gasteiger partial charge in [-0.25, -0.2) is 0 Å². The van der Waals surface area contributed by atoms with Crippen LogP contribution in [0.2, 0.25) is 0 Å². The van der Waals surface area contributed by atoms with Crippen LogP contribution in [0.1, 0.15) is 42.1 Å². The standard InChI is InChI=1S/C19H19NO2/c1-2-3-4-5-6-15-7-9-16(10-8-15)19(22)20-17-11-13-18(21)14-12-17/h7-14,21H,2-4H2,1H3,(H,20,22). The lowest BCUT2D eigenvalue weighted by Crippen LogP contribution is -2.11. The van der Waals surface area contributed by atoms with Crippen LogP contribution in [0.25, 0.3) is 0 Å². The SMILES string of the molecule is CCCCC#Cc1ccc(C(=O)Nc2ccc(O)cc2)cc1. The van der Waals surface area contributed by atoms with Crippen molar-refractivity contribution < 1.29 is 9.90 Å². The molecular weight excluding hydrogens is 274 g/mol. The average Bonchev–Trinajstić information content (AvgIpc) is 2.54. The Balaban J connectivity index is 1.98. The number of aromatic hydroxyl groups is 1. The molecule has 112 valence electrons. The molecule has 0 aliphatic rings. The fourth-order valence-corrected chi connectivity index (χ4v) is 1.88. The van der Waals surface area contributed by atoms with Crippen molar-refractivity contribution in [1.82, 2.24) is 0 Å². The van der Waals surface area contributed by atoms with E-state index in [1.54, 1.807) is 24.3 Å². The third kappa shape index (κ3) is 4.68. The van der Waals surface area contributed by atoms with E-state index >= 15 is 0 Å². The van der Waals surface area contributed by atoms with Gasteiger partial charge in [0.25, 0.3) is 5.91 Å². The summed E-state index contributed by atoms with van der Waals surface area (Å²) in [4.78, 5) is 12.1. The highest BCUT2D eigenvalue weighted by atomic mass is 16.3. The van der Waals surface area contributed by atoms with Crippen LogP contribution in [-0.2, 0) is 0 Å². The topological polar surface area (TPSA) is 49.3 Å². The lowest BCUT2D eigenvalue weighted by atomic mass is 10.1. The number of unbranched alkanes of at least 4 members (excludes halogenated alkanes) is 2. The van der Waals surface area contributed by atoms with Gasteiger partial charge < -0.3 is 10.4 Å². The molecule has 0 fully saturated rings. The molecule has 0 atom stereocenters. The maximum Gasteiger partial charge on any atom is 0.255 e. The fourth-order valence-electron chi connectivity index (χ4n) is 1.88. The summed E-state index contributed by atoms with van der Waals surface area (Å²) >= 11 is 0. The molecule has 0 radical (unpaired) electrons. The van der Waals surface area contributed by atoms with E-state index in [4.69, 9.17) is 0 Å². The quantitative estimate of drug-likeness (QED) is 0.504. The van der Waals surface area contributed by atoms with Crippen molar-refractivity contribution in [3.63, 3.8) is 0 Å². The van der Waals surface area contributed by atoms with Gasteiger partial charge in [0, 0.05) is 23.2 Å². The van der Waals surface area contributed by atoms with Crippen LogP contribution < -0.4 is 5.32 Å². The number of hydrogen-bond donors (Lipinski definition) is 2. The Morgan fingerprint density at radius 3 is 2.41 bits per heavy atom. The molecule has 0 aliphatic carbocycles. The summed E-state index contributed by atoms with van der Waals surface area (Å²) < 4.78 is 0. The van der Waals surface area contributed by atoms with Crippen LogP contribution in [0, 0.1) is 11.8 Å². The van der Waals surface area contributed by atoms with Crippen LogP contribution in [0.4, 0.5) is 5.69 Å². The van der Waals surface area contributed by atoms with E-state index in [0.29, 0.717) is 11.3 Å². The predicted octanol–water partition coefficient (Wildman–Crippen LogP) is 4.19. The Hall–Kier alpha value is -2.73. The van der Waals surface area contributed by atoms with E-state index in [2.05, 4.69) is 24.1 Å². The van der Waals surface area contributed by atoms with E-state index in [1.165, 1.54) is 12.1 Å². The Morgan fingerprint density at radius 1 is 1.09 bits per heavy atom. The van der Waals surface area contributed by atoms with Crippen LogP contribution in [0.3, 0.4) is 0 Å². The number of benzene rings is 2. The first-order valence-corrected chi connectivity index (χ1v) is 7.38. The molecule has 0 spiro atoms. The van der Waals surface area contributed by atoms with Gasteiger partial charge in [0.05, 0.1) is 0 Å². The Labute approximate surface area is 131 Å². The highest BCUT2D eigenvalue weighted by Gasteiger charge is 2.05. The van der Waals surface area contributed by atoms with E-state index in [-0.39, 0.29) is 11.7 Å². The van der Waals surface area contributed by atoms with Crippen LogP contribution in [0.15, 0.2) is 48.5 Å². The maximum atomic E-state index is 12.1. The number of anilines is 1. The molecule has 0 bridgehead atoms. The molecular formula is C19H19NO2. The van der Waals surface area contributed by atoms with Crippen molar-refractivity contribution in [2.45, 2.75) is 26.2 Å². The number of amides is 1. The Kier molecular flexibility index (Phi) is 5.62. The number of hydrogen-bond acceptors (Lipinski definition) is 2. The molecule has 2 N–H and O–H groups in total. The van der Waals surface area contributed by atoms with Crippen molar-refractivity contribution in [2.24, 2.45) is 0 Å². The van der Waals surface area contributed by atoms with Crippen molar-refractivity contribution in [2.75, 3.05) is 5.32 Å². The number of carbonyl (C=O) groups is 1. The number of nitrogens with one attached hydrogen (secondary N) is 1. The first-order chi connectivity index (χ1) is 10.7. The van der Waals surface area contributed by atoms with Gasteiger partial charge in [0.15, 0.2) is 0 Å². The molecule has 2 rings (SSSR count). The minimum Gasteiger partial charge on any atom is -0.508 e. The summed E-state index contributed by atoms with van der Waals surface area (Å²) in [5.74, 6) is 6.20. The van der Waals surface area contributed by atoms with Crippen molar-refractivity contribution >= 4 is 11.6 Å². The zero-order valence-electron chi connectivity index (χ0n) is 12.6. The summed E-state index contributed by atoms with van der Waals surface area (Å²) in [6.07, 6.45) is 3.16. The number of carbonyl (C=O) groups excluding carboxylic acids is 1. The zero-order valence-corrected chi connectivity index (χ0v) is 12.6. The largest absolute Gasteiger partial charge is 0.508 e. The molecule has 0 aliphatic heterocycles. The van der Waals surface area contributed by atoms with Gasteiger partial charge in [-0.2, -0.15) is 0 Å². The van der Waals surface area contributed by atoms with E-state index < -0.39 is 0 Å². The molecule has 0 unspecified atom stereocenters. The molecule has 0 aromatic heterocycles. The van der Waals surface area contributed by atoms with Gasteiger partial charge in [-0.15, -0.1) is 0 Å². The number of phenolic OH excluding ortho intramolecular Hbond substituents is 1. The summed E-state index contributed by atoms with van der Waals surface area (Å²) in [6.45, 7) is 2.14. The maximum absolute atomic E-state index is 12.1. The van der Waals surface area contributed by atoms with Crippen molar-refractivity contribution in [1.29, 1.82) is 0 Å². The summed E-state index contributed by atoms with van der Waals surface area (Å²) in [5, 5.41) is 12.0. The summed E-state index contributed by atoms with van der Waals surface area (Å²) in [7, 11) is 0. The van der Waals surface area contributed by atoms with Crippen LogP contribution >= 0.6 is 0 Å². The normalized spacial score (nSPS) is 9.68.